The number of hydrogen-bond acceptors (Lipinski definition) is 4. The van der Waals surface area contributed by atoms with Crippen LogP contribution in [0.15, 0.2) is 60.9 Å². The minimum Gasteiger partial charge on any atom is -0.354 e. The molecule has 4 rings (SSSR count). The normalized spacial score (nSPS) is 11.0. The van der Waals surface area contributed by atoms with Gasteiger partial charge in [-0.25, -0.2) is 9.97 Å². The monoisotopic (exact) mass is 363 g/mol. The summed E-state index contributed by atoms with van der Waals surface area (Å²) in [5.74, 6) is 1.20. The highest BCUT2D eigenvalue weighted by Crippen LogP contribution is 2.20. The predicted molar refractivity (Wildman–Crippen MR) is 105 cm³/mol. The van der Waals surface area contributed by atoms with Gasteiger partial charge in [-0.1, -0.05) is 48.0 Å². The van der Waals surface area contributed by atoms with Crippen LogP contribution in [-0.4, -0.2) is 26.1 Å². The van der Waals surface area contributed by atoms with Gasteiger partial charge in [0.15, 0.2) is 0 Å². The van der Waals surface area contributed by atoms with Crippen molar-refractivity contribution in [3.8, 4) is 5.82 Å². The highest BCUT2D eigenvalue weighted by atomic mass is 35.5. The van der Waals surface area contributed by atoms with Crippen molar-refractivity contribution >= 4 is 28.6 Å². The van der Waals surface area contributed by atoms with E-state index in [2.05, 4.69) is 45.4 Å². The SMILES string of the molecule is Cc1ccc2c(c1)ncn2-c1cc(Cl)nc(NCCc2ccccc2)n1. The second-order valence-corrected chi connectivity index (χ2v) is 6.53. The number of aryl methyl sites for hydroxylation is 1. The van der Waals surface area contributed by atoms with E-state index >= 15 is 0 Å². The molecule has 4 aromatic rings. The van der Waals surface area contributed by atoms with Crippen LogP contribution in [0.3, 0.4) is 0 Å². The first-order valence-electron chi connectivity index (χ1n) is 8.45. The molecule has 0 atom stereocenters. The summed E-state index contributed by atoms with van der Waals surface area (Å²) in [6.07, 6.45) is 2.65. The van der Waals surface area contributed by atoms with Gasteiger partial charge in [0.1, 0.15) is 17.3 Å². The summed E-state index contributed by atoms with van der Waals surface area (Å²) in [6.45, 7) is 2.78. The lowest BCUT2D eigenvalue weighted by Gasteiger charge is -2.09. The van der Waals surface area contributed by atoms with Crippen LogP contribution in [0.2, 0.25) is 5.15 Å². The Kier molecular flexibility index (Phi) is 4.54. The number of aromatic nitrogens is 4. The molecule has 6 heteroatoms. The molecule has 5 nitrogen and oxygen atoms in total. The highest BCUT2D eigenvalue weighted by molar-refractivity contribution is 6.29. The molecular formula is C20H18ClN5. The average Bonchev–Trinajstić information content (AvgIpc) is 3.05. The van der Waals surface area contributed by atoms with Crippen LogP contribution in [0.1, 0.15) is 11.1 Å². The molecule has 0 saturated carbocycles. The lowest BCUT2D eigenvalue weighted by Crippen LogP contribution is -2.09. The van der Waals surface area contributed by atoms with E-state index in [4.69, 9.17) is 11.6 Å². The minimum atomic E-state index is 0.395. The summed E-state index contributed by atoms with van der Waals surface area (Å²) in [5, 5.41) is 3.65. The molecule has 0 bridgehead atoms. The Morgan fingerprint density at radius 1 is 1.04 bits per heavy atom. The maximum absolute atomic E-state index is 6.21. The minimum absolute atomic E-state index is 0.395. The summed E-state index contributed by atoms with van der Waals surface area (Å²) in [7, 11) is 0. The number of imidazole rings is 1. The Bertz CT molecular complexity index is 1040. The van der Waals surface area contributed by atoms with Crippen LogP contribution in [0.5, 0.6) is 0 Å². The number of halogens is 1. The van der Waals surface area contributed by atoms with E-state index in [9.17, 15) is 0 Å². The molecule has 0 aliphatic rings. The van der Waals surface area contributed by atoms with Gasteiger partial charge in [-0.3, -0.25) is 4.57 Å². The van der Waals surface area contributed by atoms with Gasteiger partial charge in [0.05, 0.1) is 11.0 Å². The van der Waals surface area contributed by atoms with E-state index in [-0.39, 0.29) is 0 Å². The van der Waals surface area contributed by atoms with E-state index in [1.807, 2.05) is 34.9 Å². The Hall–Kier alpha value is -2.92. The zero-order valence-electron chi connectivity index (χ0n) is 14.4. The van der Waals surface area contributed by atoms with Crippen LogP contribution in [-0.2, 0) is 6.42 Å². The van der Waals surface area contributed by atoms with Crippen molar-refractivity contribution in [2.75, 3.05) is 11.9 Å². The van der Waals surface area contributed by atoms with E-state index in [1.54, 1.807) is 12.4 Å². The van der Waals surface area contributed by atoms with Gasteiger partial charge < -0.3 is 5.32 Å². The number of rotatable bonds is 5. The van der Waals surface area contributed by atoms with Crippen LogP contribution in [0, 0.1) is 6.92 Å². The predicted octanol–water partition coefficient (Wildman–Crippen LogP) is 4.43. The second kappa shape index (κ2) is 7.14. The zero-order chi connectivity index (χ0) is 17.9. The number of anilines is 1. The summed E-state index contributed by atoms with van der Waals surface area (Å²) in [4.78, 5) is 13.3. The molecule has 130 valence electrons. The van der Waals surface area contributed by atoms with Gasteiger partial charge in [-0.15, -0.1) is 0 Å². The Morgan fingerprint density at radius 2 is 1.88 bits per heavy atom. The summed E-state index contributed by atoms with van der Waals surface area (Å²) in [6, 6.07) is 18.2. The standard InChI is InChI=1S/C20H18ClN5/c1-14-7-8-17-16(11-14)23-13-26(17)19-12-18(21)24-20(25-19)22-10-9-15-5-3-2-4-6-15/h2-8,11-13H,9-10H2,1H3,(H,22,24,25). The van der Waals surface area contributed by atoms with Gasteiger partial charge in [0, 0.05) is 12.6 Å². The van der Waals surface area contributed by atoms with E-state index in [0.29, 0.717) is 16.9 Å². The van der Waals surface area contributed by atoms with Gasteiger partial charge in [0.25, 0.3) is 0 Å². The van der Waals surface area contributed by atoms with Gasteiger partial charge in [-0.05, 0) is 36.6 Å². The number of benzene rings is 2. The van der Waals surface area contributed by atoms with Crippen molar-refractivity contribution in [3.05, 3.63) is 77.2 Å². The first-order valence-corrected chi connectivity index (χ1v) is 8.83. The Labute approximate surface area is 156 Å². The fourth-order valence-corrected chi connectivity index (χ4v) is 3.05. The molecule has 26 heavy (non-hydrogen) atoms. The van der Waals surface area contributed by atoms with Crippen LogP contribution >= 0.6 is 11.6 Å². The smallest absolute Gasteiger partial charge is 0.226 e. The second-order valence-electron chi connectivity index (χ2n) is 6.14. The highest BCUT2D eigenvalue weighted by Gasteiger charge is 2.09. The third kappa shape index (κ3) is 3.53. The first kappa shape index (κ1) is 16.5. The largest absolute Gasteiger partial charge is 0.354 e. The van der Waals surface area contributed by atoms with Crippen molar-refractivity contribution in [2.45, 2.75) is 13.3 Å². The lowest BCUT2D eigenvalue weighted by atomic mass is 10.1. The van der Waals surface area contributed by atoms with Gasteiger partial charge in [-0.2, -0.15) is 4.98 Å². The number of fused-ring (bicyclic) bond motifs is 1. The topological polar surface area (TPSA) is 55.6 Å². The van der Waals surface area contributed by atoms with E-state index in [0.717, 1.165) is 24.0 Å². The average molecular weight is 364 g/mol. The van der Waals surface area contributed by atoms with Gasteiger partial charge in [0.2, 0.25) is 5.95 Å². The van der Waals surface area contributed by atoms with Crippen molar-refractivity contribution < 1.29 is 0 Å². The third-order valence-corrected chi connectivity index (χ3v) is 4.36. The van der Waals surface area contributed by atoms with E-state index in [1.165, 1.54) is 11.1 Å². The fraction of sp³-hybridized carbons (Fsp3) is 0.150. The molecule has 2 aromatic heterocycles. The summed E-state index contributed by atoms with van der Waals surface area (Å²) < 4.78 is 1.92. The van der Waals surface area contributed by atoms with Crippen molar-refractivity contribution in [2.24, 2.45) is 0 Å². The van der Waals surface area contributed by atoms with Crippen molar-refractivity contribution in [1.82, 2.24) is 19.5 Å². The molecular weight excluding hydrogens is 346 g/mol. The summed E-state index contributed by atoms with van der Waals surface area (Å²) >= 11 is 6.21. The zero-order valence-corrected chi connectivity index (χ0v) is 15.1. The van der Waals surface area contributed by atoms with Crippen molar-refractivity contribution in [1.29, 1.82) is 0 Å². The Morgan fingerprint density at radius 3 is 2.73 bits per heavy atom. The molecule has 2 aromatic carbocycles. The quantitative estimate of drug-likeness (QED) is 0.533. The van der Waals surface area contributed by atoms with Crippen LogP contribution in [0.4, 0.5) is 5.95 Å². The maximum Gasteiger partial charge on any atom is 0.226 e. The Balaban J connectivity index is 1.57. The van der Waals surface area contributed by atoms with Crippen molar-refractivity contribution in [3.63, 3.8) is 0 Å². The first-order chi connectivity index (χ1) is 12.7. The van der Waals surface area contributed by atoms with Crippen LogP contribution in [0.25, 0.3) is 16.9 Å². The molecule has 0 spiro atoms. The maximum atomic E-state index is 6.21. The third-order valence-electron chi connectivity index (χ3n) is 4.17. The van der Waals surface area contributed by atoms with Gasteiger partial charge >= 0.3 is 0 Å². The molecule has 0 unspecified atom stereocenters. The number of nitrogens with one attached hydrogen (secondary N) is 1. The molecule has 0 amide bonds. The summed E-state index contributed by atoms with van der Waals surface area (Å²) in [5.41, 5.74) is 4.35. The molecule has 0 radical (unpaired) electrons. The number of hydrogen-bond donors (Lipinski definition) is 1. The lowest BCUT2D eigenvalue weighted by molar-refractivity contribution is 0.954. The van der Waals surface area contributed by atoms with Crippen LogP contribution < -0.4 is 5.32 Å². The molecule has 0 fully saturated rings. The fourth-order valence-electron chi connectivity index (χ4n) is 2.88. The molecule has 2 heterocycles. The van der Waals surface area contributed by atoms with E-state index < -0.39 is 0 Å². The molecule has 0 saturated heterocycles. The molecule has 1 N–H and O–H groups in total. The number of nitrogens with zero attached hydrogens (tertiary/aromatic N) is 4. The molecule has 0 aliphatic carbocycles. The molecule has 0 aliphatic heterocycles.